The van der Waals surface area contributed by atoms with Crippen molar-refractivity contribution in [2.75, 3.05) is 13.7 Å². The molecule has 1 amide bonds. The van der Waals surface area contributed by atoms with Crippen LogP contribution in [-0.4, -0.2) is 30.7 Å². The molecule has 1 aromatic carbocycles. The second kappa shape index (κ2) is 6.10. The summed E-state index contributed by atoms with van der Waals surface area (Å²) in [5.74, 6) is 0.0853. The average molecular weight is 300 g/mol. The van der Waals surface area contributed by atoms with Crippen LogP contribution in [0.4, 0.5) is 0 Å². The predicted octanol–water partition coefficient (Wildman–Crippen LogP) is 2.93. The van der Waals surface area contributed by atoms with Gasteiger partial charge in [-0.3, -0.25) is 4.79 Å². The van der Waals surface area contributed by atoms with Gasteiger partial charge in [0.05, 0.1) is 6.21 Å². The van der Waals surface area contributed by atoms with E-state index in [0.717, 1.165) is 18.5 Å². The number of amides is 1. The van der Waals surface area contributed by atoms with Gasteiger partial charge >= 0.3 is 0 Å². The third-order valence-electron chi connectivity index (χ3n) is 3.56. The lowest BCUT2D eigenvalue weighted by Gasteiger charge is -2.27. The fraction of sp³-hybridized carbons (Fsp3) is 0.250. The summed E-state index contributed by atoms with van der Waals surface area (Å²) in [5.41, 5.74) is 2.90. The number of nitrogens with zero attached hydrogens (tertiary/aromatic N) is 2. The number of oxime groups is 1. The van der Waals surface area contributed by atoms with Crippen molar-refractivity contribution in [2.45, 2.75) is 13.0 Å². The largest absolute Gasteiger partial charge is 0.399 e. The maximum atomic E-state index is 12.5. The Morgan fingerprint density at radius 1 is 1.33 bits per heavy atom. The molecule has 0 spiro atoms. The molecule has 1 aromatic heterocycles. The van der Waals surface area contributed by atoms with E-state index in [1.54, 1.807) is 17.6 Å². The summed E-state index contributed by atoms with van der Waals surface area (Å²) in [6.45, 7) is 1.50. The van der Waals surface area contributed by atoms with Crippen LogP contribution in [0.5, 0.6) is 0 Å². The van der Waals surface area contributed by atoms with Crippen molar-refractivity contribution in [2.24, 2.45) is 5.16 Å². The summed E-state index contributed by atoms with van der Waals surface area (Å²) in [4.78, 5) is 20.5. The molecular formula is C16H16N2O2S. The van der Waals surface area contributed by atoms with Crippen LogP contribution in [0.1, 0.15) is 26.4 Å². The highest BCUT2D eigenvalue weighted by Gasteiger charge is 2.22. The first-order valence-corrected chi connectivity index (χ1v) is 7.67. The SMILES string of the molecule is CO/N=C/c1ccc(C(=O)N2CCc3sccc3C2)cc1. The Labute approximate surface area is 127 Å². The highest BCUT2D eigenvalue weighted by atomic mass is 32.1. The minimum Gasteiger partial charge on any atom is -0.399 e. The second-order valence-corrected chi connectivity index (χ2v) is 5.89. The summed E-state index contributed by atoms with van der Waals surface area (Å²) in [7, 11) is 1.50. The Balaban J connectivity index is 1.72. The predicted molar refractivity (Wildman–Crippen MR) is 83.8 cm³/mol. The molecule has 2 heterocycles. The van der Waals surface area contributed by atoms with E-state index >= 15 is 0 Å². The third kappa shape index (κ3) is 2.97. The van der Waals surface area contributed by atoms with Gasteiger partial charge in [-0.1, -0.05) is 17.3 Å². The minimum atomic E-state index is 0.0853. The number of benzene rings is 1. The van der Waals surface area contributed by atoms with E-state index < -0.39 is 0 Å². The molecule has 0 atom stereocenters. The number of carbonyl (C=O) groups is 1. The number of carbonyl (C=O) groups excluding carboxylic acids is 1. The maximum Gasteiger partial charge on any atom is 0.254 e. The van der Waals surface area contributed by atoms with Crippen molar-refractivity contribution in [1.29, 1.82) is 0 Å². The number of hydrogen-bond acceptors (Lipinski definition) is 4. The van der Waals surface area contributed by atoms with Crippen molar-refractivity contribution in [3.8, 4) is 0 Å². The van der Waals surface area contributed by atoms with Crippen molar-refractivity contribution in [3.63, 3.8) is 0 Å². The van der Waals surface area contributed by atoms with Crippen LogP contribution >= 0.6 is 11.3 Å². The molecule has 0 radical (unpaired) electrons. The van der Waals surface area contributed by atoms with Crippen LogP contribution in [0.3, 0.4) is 0 Å². The molecule has 0 saturated heterocycles. The molecule has 0 N–H and O–H groups in total. The number of thiophene rings is 1. The van der Waals surface area contributed by atoms with Crippen LogP contribution in [0.2, 0.25) is 0 Å². The van der Waals surface area contributed by atoms with Gasteiger partial charge in [-0.15, -0.1) is 11.3 Å². The molecule has 3 rings (SSSR count). The standard InChI is InChI=1S/C16H16N2O2S/c1-20-17-10-12-2-4-13(5-3-12)16(19)18-8-6-15-14(11-18)7-9-21-15/h2-5,7,9-10H,6,8,11H2,1H3/b17-10+. The molecule has 1 aliphatic heterocycles. The number of rotatable bonds is 3. The molecule has 108 valence electrons. The Hall–Kier alpha value is -2.14. The molecule has 5 heteroatoms. The molecule has 0 aliphatic carbocycles. The lowest BCUT2D eigenvalue weighted by Crippen LogP contribution is -2.35. The van der Waals surface area contributed by atoms with E-state index in [-0.39, 0.29) is 5.91 Å². The van der Waals surface area contributed by atoms with Gasteiger partial charge in [0, 0.05) is 23.5 Å². The van der Waals surface area contributed by atoms with Crippen LogP contribution in [0.25, 0.3) is 0 Å². The van der Waals surface area contributed by atoms with Crippen molar-refractivity contribution in [1.82, 2.24) is 4.90 Å². The smallest absolute Gasteiger partial charge is 0.254 e. The first-order chi connectivity index (χ1) is 10.3. The van der Waals surface area contributed by atoms with Gasteiger partial charge in [0.15, 0.2) is 0 Å². The fourth-order valence-electron chi connectivity index (χ4n) is 2.43. The zero-order valence-electron chi connectivity index (χ0n) is 11.8. The summed E-state index contributed by atoms with van der Waals surface area (Å²) in [6.07, 6.45) is 2.57. The van der Waals surface area contributed by atoms with Crippen molar-refractivity contribution in [3.05, 3.63) is 57.3 Å². The second-order valence-electron chi connectivity index (χ2n) is 4.88. The normalized spacial score (nSPS) is 14.2. The van der Waals surface area contributed by atoms with Crippen molar-refractivity contribution >= 4 is 23.5 Å². The highest BCUT2D eigenvalue weighted by molar-refractivity contribution is 7.10. The van der Waals surface area contributed by atoms with Crippen LogP contribution in [-0.2, 0) is 17.8 Å². The third-order valence-corrected chi connectivity index (χ3v) is 4.58. The Morgan fingerprint density at radius 2 is 2.14 bits per heavy atom. The zero-order chi connectivity index (χ0) is 14.7. The summed E-state index contributed by atoms with van der Waals surface area (Å²) < 4.78 is 0. The van der Waals surface area contributed by atoms with E-state index in [2.05, 4.69) is 21.4 Å². The molecule has 4 nitrogen and oxygen atoms in total. The summed E-state index contributed by atoms with van der Waals surface area (Å²) >= 11 is 1.78. The van der Waals surface area contributed by atoms with E-state index in [9.17, 15) is 4.79 Å². The van der Waals surface area contributed by atoms with Crippen LogP contribution in [0, 0.1) is 0 Å². The minimum absolute atomic E-state index is 0.0853. The lowest BCUT2D eigenvalue weighted by molar-refractivity contribution is 0.0736. The Bertz CT molecular complexity index is 661. The first-order valence-electron chi connectivity index (χ1n) is 6.79. The van der Waals surface area contributed by atoms with E-state index in [0.29, 0.717) is 12.1 Å². The topological polar surface area (TPSA) is 41.9 Å². The quantitative estimate of drug-likeness (QED) is 0.646. The molecule has 0 unspecified atom stereocenters. The summed E-state index contributed by atoms with van der Waals surface area (Å²) in [5, 5.41) is 5.81. The molecule has 1 aliphatic rings. The average Bonchev–Trinajstić information content (AvgIpc) is 3.00. The molecule has 2 aromatic rings. The van der Waals surface area contributed by atoms with Gasteiger partial charge in [-0.2, -0.15) is 0 Å². The number of fused-ring (bicyclic) bond motifs is 1. The van der Waals surface area contributed by atoms with Gasteiger partial charge in [0.25, 0.3) is 5.91 Å². The number of hydrogen-bond donors (Lipinski definition) is 0. The van der Waals surface area contributed by atoms with Gasteiger partial charge in [-0.05, 0) is 41.1 Å². The Kier molecular flexibility index (Phi) is 4.01. The monoisotopic (exact) mass is 300 g/mol. The van der Waals surface area contributed by atoms with Crippen molar-refractivity contribution < 1.29 is 9.63 Å². The van der Waals surface area contributed by atoms with Crippen LogP contribution in [0.15, 0.2) is 40.9 Å². The van der Waals surface area contributed by atoms with Gasteiger partial charge in [0.1, 0.15) is 7.11 Å². The first kappa shape index (κ1) is 13.8. The van der Waals surface area contributed by atoms with Crippen LogP contribution < -0.4 is 0 Å². The van der Waals surface area contributed by atoms with E-state index in [4.69, 9.17) is 0 Å². The molecular weight excluding hydrogens is 284 g/mol. The van der Waals surface area contributed by atoms with Gasteiger partial charge in [0.2, 0.25) is 0 Å². The molecule has 0 saturated carbocycles. The van der Waals surface area contributed by atoms with E-state index in [1.165, 1.54) is 17.6 Å². The molecule has 21 heavy (non-hydrogen) atoms. The highest BCUT2D eigenvalue weighted by Crippen LogP contribution is 2.25. The zero-order valence-corrected chi connectivity index (χ0v) is 12.6. The maximum absolute atomic E-state index is 12.5. The lowest BCUT2D eigenvalue weighted by atomic mass is 10.1. The Morgan fingerprint density at radius 3 is 2.90 bits per heavy atom. The van der Waals surface area contributed by atoms with E-state index in [1.807, 2.05) is 29.2 Å². The molecule has 0 fully saturated rings. The van der Waals surface area contributed by atoms with Gasteiger partial charge < -0.3 is 9.74 Å². The summed E-state index contributed by atoms with van der Waals surface area (Å²) in [6, 6.07) is 9.53. The molecule has 0 bridgehead atoms. The fourth-order valence-corrected chi connectivity index (χ4v) is 3.32. The van der Waals surface area contributed by atoms with Gasteiger partial charge in [-0.25, -0.2) is 0 Å².